The van der Waals surface area contributed by atoms with E-state index in [1.807, 2.05) is 31.2 Å². The second kappa shape index (κ2) is 8.58. The molecule has 0 spiro atoms. The summed E-state index contributed by atoms with van der Waals surface area (Å²) < 4.78 is 42.3. The number of aromatic nitrogens is 5. The van der Waals surface area contributed by atoms with Crippen molar-refractivity contribution in [1.29, 1.82) is 0 Å². The zero-order valence-corrected chi connectivity index (χ0v) is 19.7. The minimum absolute atomic E-state index is 0.0241. The van der Waals surface area contributed by atoms with Gasteiger partial charge in [-0.2, -0.15) is 5.10 Å². The molecule has 1 aliphatic rings. The Morgan fingerprint density at radius 2 is 1.78 bits per heavy atom. The number of halogens is 3. The number of carbonyl (C=O) groups is 1. The summed E-state index contributed by atoms with van der Waals surface area (Å²) in [6.45, 7) is 1.94. The van der Waals surface area contributed by atoms with Crippen LogP contribution >= 0.6 is 0 Å². The van der Waals surface area contributed by atoms with Gasteiger partial charge < -0.3 is 5.32 Å². The average Bonchev–Trinajstić information content (AvgIpc) is 3.49. The number of aryl methyl sites for hydroxylation is 1. The van der Waals surface area contributed by atoms with E-state index in [4.69, 9.17) is 0 Å². The first-order chi connectivity index (χ1) is 17.8. The Bertz CT molecular complexity index is 1630. The molecule has 37 heavy (non-hydrogen) atoms. The lowest BCUT2D eigenvalue weighted by atomic mass is 9.81. The highest BCUT2D eigenvalue weighted by Crippen LogP contribution is 2.43. The van der Waals surface area contributed by atoms with E-state index < -0.39 is 30.5 Å². The molecular weight excluding hydrogens is 481 g/mol. The Balaban J connectivity index is 1.23. The summed E-state index contributed by atoms with van der Waals surface area (Å²) in [6, 6.07) is 12.8. The third-order valence-corrected chi connectivity index (χ3v) is 6.63. The smallest absolute Gasteiger partial charge is 0.249 e. The van der Waals surface area contributed by atoms with E-state index in [2.05, 4.69) is 25.5 Å². The molecule has 1 saturated carbocycles. The van der Waals surface area contributed by atoms with E-state index >= 15 is 0 Å². The van der Waals surface area contributed by atoms with Gasteiger partial charge in [0.25, 0.3) is 0 Å². The van der Waals surface area contributed by atoms with Gasteiger partial charge in [-0.15, -0.1) is 0 Å². The molecule has 0 aliphatic heterocycles. The number of fused-ring (bicyclic) bond motifs is 1. The van der Waals surface area contributed by atoms with Gasteiger partial charge in [0.05, 0.1) is 18.3 Å². The van der Waals surface area contributed by atoms with Gasteiger partial charge in [-0.1, -0.05) is 24.3 Å². The van der Waals surface area contributed by atoms with Crippen LogP contribution in [-0.2, 0) is 0 Å². The van der Waals surface area contributed by atoms with Crippen LogP contribution in [-0.4, -0.2) is 36.6 Å². The molecule has 1 aliphatic carbocycles. The van der Waals surface area contributed by atoms with Gasteiger partial charge in [-0.3, -0.25) is 14.5 Å². The van der Waals surface area contributed by atoms with E-state index in [0.29, 0.717) is 17.1 Å². The Morgan fingerprint density at radius 3 is 2.49 bits per heavy atom. The monoisotopic (exact) mass is 502 g/mol. The molecule has 0 bridgehead atoms. The lowest BCUT2D eigenvalue weighted by Gasteiger charge is -2.33. The fraction of sp³-hybridized carbons (Fsp3) is 0.185. The van der Waals surface area contributed by atoms with E-state index in [0.717, 1.165) is 33.8 Å². The molecule has 0 unspecified atom stereocenters. The standard InChI is InChI=1S/C27H21F3N6O/c1-15-22(11-32-35-15)16-4-6-21(7-5-16)33-25-23(28)12-31-24(34-25)17-2-3-18-13-36(14-19(18)8-17)26(37)20-9-27(29,30)10-20/h2-8,11-14,20H,9-10H2,1H3,(H,32,35)(H,31,33,34). The lowest BCUT2D eigenvalue weighted by Crippen LogP contribution is -2.41. The van der Waals surface area contributed by atoms with E-state index in [1.165, 1.54) is 4.57 Å². The lowest BCUT2D eigenvalue weighted by molar-refractivity contribution is -0.0999. The van der Waals surface area contributed by atoms with Crippen LogP contribution in [0.5, 0.6) is 0 Å². The van der Waals surface area contributed by atoms with Gasteiger partial charge in [0.2, 0.25) is 11.8 Å². The number of aromatic amines is 1. The van der Waals surface area contributed by atoms with Gasteiger partial charge >= 0.3 is 0 Å². The van der Waals surface area contributed by atoms with Crippen molar-refractivity contribution in [3.63, 3.8) is 0 Å². The third-order valence-electron chi connectivity index (χ3n) is 6.63. The predicted molar refractivity (Wildman–Crippen MR) is 133 cm³/mol. The molecule has 0 amide bonds. The maximum absolute atomic E-state index is 14.5. The summed E-state index contributed by atoms with van der Waals surface area (Å²) in [4.78, 5) is 21.1. The Morgan fingerprint density at radius 1 is 1.05 bits per heavy atom. The Kier molecular flexibility index (Phi) is 5.32. The van der Waals surface area contributed by atoms with Crippen LogP contribution in [0.15, 0.2) is 67.3 Å². The molecule has 0 saturated heterocycles. The first kappa shape index (κ1) is 23.0. The first-order valence-electron chi connectivity index (χ1n) is 11.7. The van der Waals surface area contributed by atoms with Crippen molar-refractivity contribution in [1.82, 2.24) is 24.7 Å². The van der Waals surface area contributed by atoms with Crippen molar-refractivity contribution >= 4 is 28.2 Å². The minimum Gasteiger partial charge on any atom is -0.338 e. The molecule has 186 valence electrons. The van der Waals surface area contributed by atoms with E-state index in [1.54, 1.807) is 36.8 Å². The molecule has 5 aromatic rings. The zero-order valence-electron chi connectivity index (χ0n) is 19.7. The number of alkyl halides is 2. The molecule has 0 radical (unpaired) electrons. The number of anilines is 2. The van der Waals surface area contributed by atoms with Crippen molar-refractivity contribution in [2.45, 2.75) is 25.7 Å². The summed E-state index contributed by atoms with van der Waals surface area (Å²) in [5, 5.41) is 11.4. The number of carbonyl (C=O) groups excluding carboxylic acids is 1. The molecule has 0 atom stereocenters. The summed E-state index contributed by atoms with van der Waals surface area (Å²) in [6.07, 6.45) is 5.26. The largest absolute Gasteiger partial charge is 0.338 e. The topological polar surface area (TPSA) is 88.5 Å². The average molecular weight is 503 g/mol. The number of nitrogens with zero attached hydrogens (tertiary/aromatic N) is 4. The fourth-order valence-corrected chi connectivity index (χ4v) is 4.56. The quantitative estimate of drug-likeness (QED) is 0.292. The normalized spacial score (nSPS) is 15.0. The Hall–Kier alpha value is -4.47. The zero-order chi connectivity index (χ0) is 25.7. The first-order valence-corrected chi connectivity index (χ1v) is 11.7. The van der Waals surface area contributed by atoms with Crippen LogP contribution < -0.4 is 5.32 Å². The molecule has 3 heterocycles. The second-order valence-electron chi connectivity index (χ2n) is 9.31. The van der Waals surface area contributed by atoms with Gasteiger partial charge in [0.15, 0.2) is 17.5 Å². The van der Waals surface area contributed by atoms with Crippen molar-refractivity contribution < 1.29 is 18.0 Å². The second-order valence-corrected chi connectivity index (χ2v) is 9.31. The highest BCUT2D eigenvalue weighted by atomic mass is 19.3. The van der Waals surface area contributed by atoms with Gasteiger partial charge in [-0.05, 0) is 36.1 Å². The summed E-state index contributed by atoms with van der Waals surface area (Å²) in [7, 11) is 0. The van der Waals surface area contributed by atoms with E-state index in [-0.39, 0.29) is 11.7 Å². The van der Waals surface area contributed by atoms with Crippen LogP contribution in [0, 0.1) is 18.7 Å². The summed E-state index contributed by atoms with van der Waals surface area (Å²) in [5.41, 5.74) is 4.19. The van der Waals surface area contributed by atoms with Crippen LogP contribution in [0.1, 0.15) is 23.3 Å². The minimum atomic E-state index is -2.76. The van der Waals surface area contributed by atoms with Crippen molar-refractivity contribution in [3.8, 4) is 22.5 Å². The molecular formula is C27H21F3N6O. The highest BCUT2D eigenvalue weighted by molar-refractivity contribution is 5.92. The maximum atomic E-state index is 14.5. The number of nitrogens with one attached hydrogen (secondary N) is 2. The highest BCUT2D eigenvalue weighted by Gasteiger charge is 2.49. The SMILES string of the molecule is Cc1[nH]ncc1-c1ccc(Nc2nc(-c3ccc4cn(C(=O)C5CC(F)(F)C5)cc4c3)ncc2F)cc1. The molecule has 3 aromatic heterocycles. The van der Waals surface area contributed by atoms with Crippen molar-refractivity contribution in [2.75, 3.05) is 5.32 Å². The van der Waals surface area contributed by atoms with Crippen molar-refractivity contribution in [3.05, 3.63) is 78.8 Å². The predicted octanol–water partition coefficient (Wildman–Crippen LogP) is 6.37. The molecule has 6 rings (SSSR count). The fourth-order valence-electron chi connectivity index (χ4n) is 4.56. The van der Waals surface area contributed by atoms with Crippen LogP contribution in [0.25, 0.3) is 33.3 Å². The number of H-pyrrole nitrogens is 1. The number of benzene rings is 2. The summed E-state index contributed by atoms with van der Waals surface area (Å²) in [5.74, 6) is -4.06. The third kappa shape index (κ3) is 4.35. The molecule has 2 aromatic carbocycles. The number of rotatable bonds is 5. The maximum Gasteiger partial charge on any atom is 0.249 e. The molecule has 7 nitrogen and oxygen atoms in total. The van der Waals surface area contributed by atoms with Gasteiger partial charge in [-0.25, -0.2) is 23.1 Å². The number of hydrogen-bond acceptors (Lipinski definition) is 5. The van der Waals surface area contributed by atoms with Gasteiger partial charge in [0.1, 0.15) is 0 Å². The van der Waals surface area contributed by atoms with Crippen LogP contribution in [0.2, 0.25) is 0 Å². The molecule has 10 heteroatoms. The van der Waals surface area contributed by atoms with Gasteiger partial charge in [0, 0.05) is 53.1 Å². The van der Waals surface area contributed by atoms with Crippen LogP contribution in [0.4, 0.5) is 24.7 Å². The van der Waals surface area contributed by atoms with Crippen LogP contribution in [0.3, 0.4) is 0 Å². The summed E-state index contributed by atoms with van der Waals surface area (Å²) >= 11 is 0. The van der Waals surface area contributed by atoms with E-state index in [9.17, 15) is 18.0 Å². The van der Waals surface area contributed by atoms with Crippen molar-refractivity contribution in [2.24, 2.45) is 5.92 Å². The molecule has 2 N–H and O–H groups in total. The number of hydrogen-bond donors (Lipinski definition) is 2. The molecule has 1 fully saturated rings. The Labute approximate surface area is 209 Å².